The van der Waals surface area contributed by atoms with Gasteiger partial charge in [0.15, 0.2) is 0 Å². The van der Waals surface area contributed by atoms with E-state index in [0.29, 0.717) is 12.8 Å². The fraction of sp³-hybridized carbons (Fsp3) is 0.833. The van der Waals surface area contributed by atoms with Crippen molar-refractivity contribution in [3.63, 3.8) is 0 Å². The van der Waals surface area contributed by atoms with E-state index in [1.165, 1.54) is 0 Å². The molecule has 1 aliphatic carbocycles. The molecule has 0 spiro atoms. The smallest absolute Gasteiger partial charge is 0.310 e. The molecule has 98 valence electrons. The van der Waals surface area contributed by atoms with Gasteiger partial charge in [0.2, 0.25) is 5.91 Å². The van der Waals surface area contributed by atoms with Crippen LogP contribution < -0.4 is 5.32 Å². The maximum atomic E-state index is 11.7. The first-order valence-corrected chi connectivity index (χ1v) is 5.96. The number of carboxylic acid groups (broad SMARTS) is 1. The monoisotopic (exact) mass is 243 g/mol. The van der Waals surface area contributed by atoms with Crippen molar-refractivity contribution in [2.75, 3.05) is 0 Å². The summed E-state index contributed by atoms with van der Waals surface area (Å²) in [5.74, 6) is -1.31. The van der Waals surface area contributed by atoms with E-state index in [-0.39, 0.29) is 30.4 Å². The largest absolute Gasteiger partial charge is 0.481 e. The highest BCUT2D eigenvalue weighted by atomic mass is 16.4. The summed E-state index contributed by atoms with van der Waals surface area (Å²) in [6, 6.07) is 0.00251. The number of aliphatic hydroxyl groups is 1. The summed E-state index contributed by atoms with van der Waals surface area (Å²) in [5, 5.41) is 21.0. The molecule has 1 unspecified atom stereocenters. The van der Waals surface area contributed by atoms with Gasteiger partial charge in [-0.3, -0.25) is 9.59 Å². The molecule has 1 saturated carbocycles. The minimum atomic E-state index is -1.04. The third kappa shape index (κ3) is 3.19. The van der Waals surface area contributed by atoms with Crippen LogP contribution in [-0.4, -0.2) is 34.2 Å². The fourth-order valence-corrected chi connectivity index (χ4v) is 1.84. The van der Waals surface area contributed by atoms with Crippen molar-refractivity contribution < 1.29 is 19.8 Å². The summed E-state index contributed by atoms with van der Waals surface area (Å²) < 4.78 is 0. The van der Waals surface area contributed by atoms with Crippen LogP contribution in [0.2, 0.25) is 0 Å². The number of aliphatic carboxylic acids is 1. The Balaban J connectivity index is 2.50. The van der Waals surface area contributed by atoms with E-state index in [2.05, 4.69) is 5.32 Å². The summed E-state index contributed by atoms with van der Waals surface area (Å²) in [5.41, 5.74) is -1.04. The predicted octanol–water partition coefficient (Wildman–Crippen LogP) is 0.763. The van der Waals surface area contributed by atoms with E-state index in [4.69, 9.17) is 5.11 Å². The number of carbonyl (C=O) groups is 2. The van der Waals surface area contributed by atoms with Gasteiger partial charge in [0.1, 0.15) is 0 Å². The van der Waals surface area contributed by atoms with Crippen LogP contribution in [0.15, 0.2) is 0 Å². The molecular weight excluding hydrogens is 222 g/mol. The van der Waals surface area contributed by atoms with Gasteiger partial charge >= 0.3 is 5.97 Å². The molecule has 3 N–H and O–H groups in total. The summed E-state index contributed by atoms with van der Waals surface area (Å²) in [4.78, 5) is 22.9. The van der Waals surface area contributed by atoms with Crippen LogP contribution >= 0.6 is 0 Å². The number of amides is 1. The Morgan fingerprint density at radius 1 is 1.41 bits per heavy atom. The van der Waals surface area contributed by atoms with Crippen LogP contribution in [0, 0.1) is 11.3 Å². The molecule has 17 heavy (non-hydrogen) atoms. The molecule has 1 amide bonds. The zero-order valence-corrected chi connectivity index (χ0v) is 10.6. The van der Waals surface area contributed by atoms with Crippen molar-refractivity contribution in [3.05, 3.63) is 0 Å². The van der Waals surface area contributed by atoms with Gasteiger partial charge in [0.25, 0.3) is 0 Å². The molecule has 1 rings (SSSR count). The first-order valence-electron chi connectivity index (χ1n) is 5.96. The van der Waals surface area contributed by atoms with Crippen molar-refractivity contribution in [1.29, 1.82) is 0 Å². The van der Waals surface area contributed by atoms with Gasteiger partial charge in [-0.15, -0.1) is 0 Å². The SMILES string of the molecule is CC(C)C(C)(CC(=O)NC1CC(O)C1)C(=O)O. The first kappa shape index (κ1) is 14.0. The second kappa shape index (κ2) is 5.04. The second-order valence-electron chi connectivity index (χ2n) is 5.44. The lowest BCUT2D eigenvalue weighted by Gasteiger charge is -2.34. The third-order valence-electron chi connectivity index (χ3n) is 3.77. The molecule has 1 fully saturated rings. The Morgan fingerprint density at radius 2 is 1.94 bits per heavy atom. The molecule has 0 aromatic heterocycles. The Bertz CT molecular complexity index is 310. The Morgan fingerprint density at radius 3 is 2.29 bits per heavy atom. The van der Waals surface area contributed by atoms with Crippen molar-refractivity contribution in [2.24, 2.45) is 11.3 Å². The van der Waals surface area contributed by atoms with Crippen molar-refractivity contribution in [2.45, 2.75) is 52.2 Å². The number of nitrogens with one attached hydrogen (secondary N) is 1. The molecule has 0 aliphatic heterocycles. The Kier molecular flexibility index (Phi) is 4.14. The van der Waals surface area contributed by atoms with Crippen LogP contribution in [-0.2, 0) is 9.59 Å². The van der Waals surface area contributed by atoms with E-state index in [1.54, 1.807) is 20.8 Å². The molecule has 1 atom stereocenters. The highest BCUT2D eigenvalue weighted by Crippen LogP contribution is 2.31. The van der Waals surface area contributed by atoms with Crippen LogP contribution in [0.3, 0.4) is 0 Å². The molecule has 0 radical (unpaired) electrons. The molecule has 1 aliphatic rings. The lowest BCUT2D eigenvalue weighted by atomic mass is 9.76. The van der Waals surface area contributed by atoms with Crippen LogP contribution in [0.25, 0.3) is 0 Å². The topological polar surface area (TPSA) is 86.6 Å². The molecule has 0 aromatic carbocycles. The Hall–Kier alpha value is -1.10. The van der Waals surface area contributed by atoms with Gasteiger partial charge in [-0.25, -0.2) is 0 Å². The summed E-state index contributed by atoms with van der Waals surface area (Å²) >= 11 is 0. The van der Waals surface area contributed by atoms with Crippen LogP contribution in [0.1, 0.15) is 40.0 Å². The number of hydrogen-bond donors (Lipinski definition) is 3. The minimum Gasteiger partial charge on any atom is -0.481 e. The maximum Gasteiger partial charge on any atom is 0.310 e. The molecule has 0 heterocycles. The number of hydrogen-bond acceptors (Lipinski definition) is 3. The van der Waals surface area contributed by atoms with E-state index in [9.17, 15) is 14.7 Å². The van der Waals surface area contributed by atoms with Crippen molar-refractivity contribution in [1.82, 2.24) is 5.32 Å². The number of carbonyl (C=O) groups excluding carboxylic acids is 1. The van der Waals surface area contributed by atoms with E-state index in [0.717, 1.165) is 0 Å². The minimum absolute atomic E-state index is 0.00251. The van der Waals surface area contributed by atoms with Crippen molar-refractivity contribution in [3.8, 4) is 0 Å². The number of carboxylic acids is 1. The van der Waals surface area contributed by atoms with Gasteiger partial charge < -0.3 is 15.5 Å². The average molecular weight is 243 g/mol. The van der Waals surface area contributed by atoms with Crippen molar-refractivity contribution >= 4 is 11.9 Å². The number of aliphatic hydroxyl groups excluding tert-OH is 1. The lowest BCUT2D eigenvalue weighted by Crippen LogP contribution is -2.49. The average Bonchev–Trinajstić information content (AvgIpc) is 2.14. The molecule has 0 saturated heterocycles. The second-order valence-corrected chi connectivity index (χ2v) is 5.44. The fourth-order valence-electron chi connectivity index (χ4n) is 1.84. The quantitative estimate of drug-likeness (QED) is 0.665. The molecule has 5 nitrogen and oxygen atoms in total. The van der Waals surface area contributed by atoms with Gasteiger partial charge in [0.05, 0.1) is 11.5 Å². The van der Waals surface area contributed by atoms with Crippen LogP contribution in [0.5, 0.6) is 0 Å². The summed E-state index contributed by atoms with van der Waals surface area (Å²) in [6.07, 6.45) is 0.789. The molecule has 0 aromatic rings. The normalized spacial score (nSPS) is 27.1. The summed E-state index contributed by atoms with van der Waals surface area (Å²) in [7, 11) is 0. The Labute approximate surface area is 101 Å². The third-order valence-corrected chi connectivity index (χ3v) is 3.77. The van der Waals surface area contributed by atoms with E-state index in [1.807, 2.05) is 0 Å². The highest BCUT2D eigenvalue weighted by molar-refractivity contribution is 5.85. The lowest BCUT2D eigenvalue weighted by molar-refractivity contribution is -0.154. The van der Waals surface area contributed by atoms with Gasteiger partial charge in [-0.1, -0.05) is 13.8 Å². The highest BCUT2D eigenvalue weighted by Gasteiger charge is 2.39. The van der Waals surface area contributed by atoms with Gasteiger partial charge in [0, 0.05) is 12.5 Å². The van der Waals surface area contributed by atoms with Gasteiger partial charge in [-0.05, 0) is 25.7 Å². The van der Waals surface area contributed by atoms with Crippen LogP contribution in [0.4, 0.5) is 0 Å². The van der Waals surface area contributed by atoms with E-state index < -0.39 is 11.4 Å². The predicted molar refractivity (Wildman–Crippen MR) is 62.4 cm³/mol. The van der Waals surface area contributed by atoms with Gasteiger partial charge in [-0.2, -0.15) is 0 Å². The standard InChI is InChI=1S/C12H21NO4/c1-7(2)12(3,11(16)17)6-10(15)13-8-4-9(14)5-8/h7-9,14H,4-6H2,1-3H3,(H,13,15)(H,16,17). The zero-order chi connectivity index (χ0) is 13.2. The molecule has 5 heteroatoms. The first-order chi connectivity index (χ1) is 7.75. The van der Waals surface area contributed by atoms with E-state index >= 15 is 0 Å². The maximum absolute atomic E-state index is 11.7. The molecular formula is C12H21NO4. The number of rotatable bonds is 5. The summed E-state index contributed by atoms with van der Waals surface area (Å²) in [6.45, 7) is 5.19. The zero-order valence-electron chi connectivity index (χ0n) is 10.6. The molecule has 0 bridgehead atoms.